The van der Waals surface area contributed by atoms with Crippen LogP contribution in [-0.2, 0) is 0 Å². The molecular weight excluding hydrogens is 156 g/mol. The van der Waals surface area contributed by atoms with Crippen molar-refractivity contribution >= 4 is 0 Å². The fourth-order valence-electron chi connectivity index (χ4n) is 2.37. The van der Waals surface area contributed by atoms with Gasteiger partial charge in [-0.3, -0.25) is 0 Å². The maximum Gasteiger partial charge on any atom is 0.0308 e. The van der Waals surface area contributed by atoms with Gasteiger partial charge < -0.3 is 0 Å². The average molecular weight is 183 g/mol. The number of rotatable bonds is 3. The average Bonchev–Trinajstić information content (AvgIpc) is 2.82. The van der Waals surface area contributed by atoms with Gasteiger partial charge in [0, 0.05) is 1.37 Å². The molecule has 0 saturated heterocycles. The smallest absolute Gasteiger partial charge is 0.0308 e. The zero-order valence-corrected chi connectivity index (χ0v) is 10.2. The second-order valence-electron chi connectivity index (χ2n) is 5.89. The minimum Gasteiger partial charge on any atom is -0.0648 e. The Morgan fingerprint density at radius 1 is 1.31 bits per heavy atom. The number of hydrogen-bond acceptors (Lipinski definition) is 0. The van der Waals surface area contributed by atoms with Gasteiger partial charge in [0.05, 0.1) is 0 Å². The highest BCUT2D eigenvalue weighted by molar-refractivity contribution is 4.95. The summed E-state index contributed by atoms with van der Waals surface area (Å²) in [4.78, 5) is 0. The van der Waals surface area contributed by atoms with Gasteiger partial charge in [0.25, 0.3) is 0 Å². The van der Waals surface area contributed by atoms with Gasteiger partial charge in [0.2, 0.25) is 0 Å². The Kier molecular flexibility index (Phi) is 2.42. The normalized spacial score (nSPS) is 28.9. The Morgan fingerprint density at radius 3 is 2.00 bits per heavy atom. The van der Waals surface area contributed by atoms with E-state index >= 15 is 0 Å². The van der Waals surface area contributed by atoms with Crippen molar-refractivity contribution in [1.82, 2.24) is 0 Å². The summed E-state index contributed by atoms with van der Waals surface area (Å²) in [6.07, 6.45) is 3.64. The Bertz CT molecular complexity index is 208. The molecule has 0 aliphatic heterocycles. The van der Waals surface area contributed by atoms with Crippen LogP contribution in [-0.4, -0.2) is 0 Å². The molecule has 0 heteroatoms. The van der Waals surface area contributed by atoms with Gasteiger partial charge in [-0.15, -0.1) is 0 Å². The van der Waals surface area contributed by atoms with Crippen LogP contribution in [0, 0.1) is 22.6 Å². The van der Waals surface area contributed by atoms with Crippen molar-refractivity contribution in [3.8, 4) is 0 Å². The van der Waals surface area contributed by atoms with E-state index in [4.69, 9.17) is 1.37 Å². The zero-order chi connectivity index (χ0) is 11.2. The Hall–Kier alpha value is 0. The fourth-order valence-corrected chi connectivity index (χ4v) is 2.37. The van der Waals surface area contributed by atoms with Crippen molar-refractivity contribution in [2.45, 2.75) is 60.8 Å². The molecule has 0 aromatic rings. The summed E-state index contributed by atoms with van der Waals surface area (Å²) < 4.78 is 8.65. The van der Waals surface area contributed by atoms with Gasteiger partial charge >= 0.3 is 0 Å². The van der Waals surface area contributed by atoms with Crippen LogP contribution in [0.2, 0.25) is 0 Å². The molecule has 1 aliphatic carbocycles. The summed E-state index contributed by atoms with van der Waals surface area (Å²) >= 11 is 0. The molecule has 0 radical (unpaired) electrons. The molecule has 78 valence electrons. The Balaban J connectivity index is 2.99. The topological polar surface area (TPSA) is 0 Å². The van der Waals surface area contributed by atoms with E-state index in [9.17, 15) is 0 Å². The monoisotopic (exact) mass is 183 g/mol. The fraction of sp³-hybridized carbons (Fsp3) is 1.00. The standard InChI is InChI=1S/C13H26/c1-7-13(6,12(3,4)5)10(2)11-8-9-11/h10-11H,7-9H2,1-6H3/i10D. The second kappa shape index (κ2) is 3.29. The van der Waals surface area contributed by atoms with E-state index in [0.29, 0.717) is 5.92 Å². The molecule has 0 aromatic heterocycles. The van der Waals surface area contributed by atoms with E-state index in [1.54, 1.807) is 0 Å². The van der Waals surface area contributed by atoms with Crippen LogP contribution in [0.1, 0.15) is 62.2 Å². The first-order valence-corrected chi connectivity index (χ1v) is 5.67. The molecule has 0 spiro atoms. The highest BCUT2D eigenvalue weighted by Crippen LogP contribution is 2.54. The van der Waals surface area contributed by atoms with E-state index < -0.39 is 0 Å². The summed E-state index contributed by atoms with van der Waals surface area (Å²) in [7, 11) is 0. The summed E-state index contributed by atoms with van der Waals surface area (Å²) in [6.45, 7) is 13.5. The zero-order valence-electron chi connectivity index (χ0n) is 11.2. The van der Waals surface area contributed by atoms with E-state index in [1.165, 1.54) is 12.8 Å². The van der Waals surface area contributed by atoms with Crippen molar-refractivity contribution in [3.05, 3.63) is 0 Å². The van der Waals surface area contributed by atoms with E-state index in [1.807, 2.05) is 0 Å². The molecule has 1 fully saturated rings. The molecular formula is C13H26. The van der Waals surface area contributed by atoms with Crippen LogP contribution in [0.4, 0.5) is 0 Å². The van der Waals surface area contributed by atoms with Crippen LogP contribution in [0.25, 0.3) is 0 Å². The van der Waals surface area contributed by atoms with Crippen molar-refractivity contribution in [2.24, 2.45) is 22.6 Å². The largest absolute Gasteiger partial charge is 0.0648 e. The maximum atomic E-state index is 8.65. The molecule has 1 rings (SSSR count). The predicted octanol–water partition coefficient (Wildman–Crippen LogP) is 4.49. The molecule has 13 heavy (non-hydrogen) atoms. The van der Waals surface area contributed by atoms with Crippen molar-refractivity contribution in [3.63, 3.8) is 0 Å². The van der Waals surface area contributed by atoms with E-state index in [-0.39, 0.29) is 16.7 Å². The molecule has 1 aliphatic rings. The van der Waals surface area contributed by atoms with Gasteiger partial charge in [-0.05, 0) is 41.9 Å². The van der Waals surface area contributed by atoms with Crippen LogP contribution in [0.3, 0.4) is 0 Å². The SMILES string of the molecule is [2H]C(C)(C1CC1)C(C)(CC)C(C)(C)C. The van der Waals surface area contributed by atoms with Crippen molar-refractivity contribution in [1.29, 1.82) is 0 Å². The quantitative estimate of drug-likeness (QED) is 0.604. The van der Waals surface area contributed by atoms with Crippen LogP contribution >= 0.6 is 0 Å². The molecule has 2 atom stereocenters. The molecule has 0 aromatic carbocycles. The third-order valence-electron chi connectivity index (χ3n) is 4.42. The minimum absolute atomic E-state index is 0.126. The first kappa shape index (κ1) is 9.55. The summed E-state index contributed by atoms with van der Waals surface area (Å²) in [6, 6.07) is 0. The molecule has 0 N–H and O–H groups in total. The van der Waals surface area contributed by atoms with E-state index in [0.717, 1.165) is 6.42 Å². The Morgan fingerprint density at radius 2 is 1.77 bits per heavy atom. The molecule has 0 nitrogen and oxygen atoms in total. The van der Waals surface area contributed by atoms with Crippen LogP contribution in [0.15, 0.2) is 0 Å². The lowest BCUT2D eigenvalue weighted by atomic mass is 9.59. The third kappa shape index (κ3) is 1.92. The first-order valence-electron chi connectivity index (χ1n) is 6.17. The lowest BCUT2D eigenvalue weighted by Gasteiger charge is -2.46. The summed E-state index contributed by atoms with van der Waals surface area (Å²) in [5.41, 5.74) is 0.349. The summed E-state index contributed by atoms with van der Waals surface area (Å²) in [5.74, 6) is 0.395. The van der Waals surface area contributed by atoms with Gasteiger partial charge in [-0.25, -0.2) is 0 Å². The predicted molar refractivity (Wildman–Crippen MR) is 59.7 cm³/mol. The Labute approximate surface area is 85.5 Å². The highest BCUT2D eigenvalue weighted by atomic mass is 14.5. The van der Waals surface area contributed by atoms with Crippen LogP contribution < -0.4 is 0 Å². The van der Waals surface area contributed by atoms with Gasteiger partial charge in [0.1, 0.15) is 0 Å². The maximum absolute atomic E-state index is 8.65. The molecule has 2 unspecified atom stereocenters. The van der Waals surface area contributed by atoms with E-state index in [2.05, 4.69) is 41.5 Å². The lowest BCUT2D eigenvalue weighted by Crippen LogP contribution is -2.39. The molecule has 1 saturated carbocycles. The molecule has 0 amide bonds. The lowest BCUT2D eigenvalue weighted by molar-refractivity contribution is 0.0270. The summed E-state index contributed by atoms with van der Waals surface area (Å²) in [5, 5.41) is 0. The van der Waals surface area contributed by atoms with Crippen molar-refractivity contribution in [2.75, 3.05) is 0 Å². The number of hydrogen-bond donors (Lipinski definition) is 0. The van der Waals surface area contributed by atoms with Gasteiger partial charge in [-0.2, -0.15) is 0 Å². The molecule has 0 heterocycles. The van der Waals surface area contributed by atoms with Crippen molar-refractivity contribution < 1.29 is 1.37 Å². The third-order valence-corrected chi connectivity index (χ3v) is 4.42. The first-order chi connectivity index (χ1) is 6.17. The van der Waals surface area contributed by atoms with Crippen LogP contribution in [0.5, 0.6) is 0 Å². The van der Waals surface area contributed by atoms with Gasteiger partial charge in [-0.1, -0.05) is 41.5 Å². The molecule has 0 bridgehead atoms. The van der Waals surface area contributed by atoms with Gasteiger partial charge in [0.15, 0.2) is 0 Å². The minimum atomic E-state index is -0.250. The second-order valence-corrected chi connectivity index (χ2v) is 5.89. The highest BCUT2D eigenvalue weighted by Gasteiger charge is 2.46.